The Morgan fingerprint density at radius 1 is 1.03 bits per heavy atom. The lowest BCUT2D eigenvalue weighted by Crippen LogP contribution is -2.29. The average Bonchev–Trinajstić information content (AvgIpc) is 3.22. The van der Waals surface area contributed by atoms with Gasteiger partial charge in [-0.15, -0.1) is 0 Å². The zero-order valence-corrected chi connectivity index (χ0v) is 18.8. The molecule has 1 atom stereocenters. The van der Waals surface area contributed by atoms with E-state index in [-0.39, 0.29) is 11.6 Å². The first kappa shape index (κ1) is 20.6. The van der Waals surface area contributed by atoms with Crippen LogP contribution in [0.5, 0.6) is 0 Å². The van der Waals surface area contributed by atoms with E-state index in [9.17, 15) is 4.79 Å². The molecule has 3 aromatic rings. The fourth-order valence-corrected chi connectivity index (χ4v) is 4.39. The zero-order chi connectivity index (χ0) is 23.1. The summed E-state index contributed by atoms with van der Waals surface area (Å²) in [4.78, 5) is 26.7. The molecule has 1 fully saturated rings. The van der Waals surface area contributed by atoms with Gasteiger partial charge in [0.2, 0.25) is 0 Å². The second-order valence-electron chi connectivity index (χ2n) is 8.59. The summed E-state index contributed by atoms with van der Waals surface area (Å²) in [5.41, 5.74) is 5.15. The lowest BCUT2D eigenvalue weighted by atomic mass is 10.1. The van der Waals surface area contributed by atoms with E-state index in [1.807, 2.05) is 55.7 Å². The number of rotatable bonds is 4. The second-order valence-corrected chi connectivity index (χ2v) is 8.59. The summed E-state index contributed by atoms with van der Waals surface area (Å²) < 4.78 is 8.87. The van der Waals surface area contributed by atoms with E-state index in [4.69, 9.17) is 4.74 Å². The van der Waals surface area contributed by atoms with Gasteiger partial charge in [0.25, 0.3) is 5.56 Å². The highest BCUT2D eigenvalue weighted by Crippen LogP contribution is 2.27. The number of ether oxygens (including phenoxy) is 1. The van der Waals surface area contributed by atoms with E-state index in [1.165, 1.54) is 0 Å². The number of hydrogen-bond acceptors (Lipinski definition) is 7. The minimum Gasteiger partial charge on any atom is -0.379 e. The molecule has 6 rings (SSSR count). The van der Waals surface area contributed by atoms with Crippen molar-refractivity contribution in [2.75, 3.05) is 13.2 Å². The number of hydrogen-bond donors (Lipinski definition) is 0. The zero-order valence-electron chi connectivity index (χ0n) is 18.8. The molecule has 0 aromatic carbocycles. The Balaban J connectivity index is 1.39. The highest BCUT2D eigenvalue weighted by Gasteiger charge is 2.27. The van der Waals surface area contributed by atoms with Crippen molar-refractivity contribution in [1.29, 1.82) is 0 Å². The van der Waals surface area contributed by atoms with Crippen molar-refractivity contribution in [2.24, 2.45) is 0 Å². The fourth-order valence-electron chi connectivity index (χ4n) is 4.39. The first-order chi connectivity index (χ1) is 16.7. The Morgan fingerprint density at radius 3 is 2.74 bits per heavy atom. The molecule has 3 aromatic heterocycles. The third-order valence-corrected chi connectivity index (χ3v) is 6.20. The number of pyridine rings is 3. The molecule has 0 radical (unpaired) electrons. The number of aryl methyl sites for hydroxylation is 1. The molecule has 9 heteroatoms. The van der Waals surface area contributed by atoms with Crippen molar-refractivity contribution in [3.8, 4) is 22.6 Å². The van der Waals surface area contributed by atoms with Crippen molar-refractivity contribution in [3.05, 3.63) is 76.6 Å². The van der Waals surface area contributed by atoms with Gasteiger partial charge in [0, 0.05) is 41.8 Å². The molecular weight excluding hydrogens is 430 g/mol. The highest BCUT2D eigenvalue weighted by atomic mass is 16.5. The van der Waals surface area contributed by atoms with Crippen LogP contribution in [0.3, 0.4) is 0 Å². The van der Waals surface area contributed by atoms with Crippen molar-refractivity contribution >= 4 is 11.0 Å². The van der Waals surface area contributed by atoms with Gasteiger partial charge in [-0.2, -0.15) is 10.2 Å². The molecule has 6 heterocycles. The number of nitrogens with zero attached hydrogens (tertiary/aromatic N) is 7. The van der Waals surface area contributed by atoms with Gasteiger partial charge in [-0.3, -0.25) is 14.8 Å². The van der Waals surface area contributed by atoms with Crippen LogP contribution in [-0.2, 0) is 11.3 Å². The molecule has 0 saturated carbocycles. The van der Waals surface area contributed by atoms with E-state index in [0.29, 0.717) is 30.2 Å². The normalized spacial score (nSPS) is 16.3. The topological polar surface area (TPSA) is 101 Å². The van der Waals surface area contributed by atoms with Crippen LogP contribution in [0.25, 0.3) is 33.7 Å². The van der Waals surface area contributed by atoms with Crippen molar-refractivity contribution in [3.63, 3.8) is 0 Å². The van der Waals surface area contributed by atoms with Crippen molar-refractivity contribution in [1.82, 2.24) is 34.5 Å². The average molecular weight is 454 g/mol. The molecule has 9 nitrogen and oxygen atoms in total. The molecule has 0 N–H and O–H groups in total. The van der Waals surface area contributed by atoms with E-state index in [2.05, 4.69) is 25.1 Å². The summed E-state index contributed by atoms with van der Waals surface area (Å²) in [5.74, 6) is 0. The van der Waals surface area contributed by atoms with Crippen LogP contribution in [0.2, 0.25) is 0 Å². The van der Waals surface area contributed by atoms with E-state index in [1.54, 1.807) is 15.6 Å². The van der Waals surface area contributed by atoms with Crippen molar-refractivity contribution < 1.29 is 4.74 Å². The smallest absolute Gasteiger partial charge is 0.297 e. The minimum atomic E-state index is -0.189. The lowest BCUT2D eigenvalue weighted by Gasteiger charge is -2.21. The maximum Gasteiger partial charge on any atom is 0.297 e. The summed E-state index contributed by atoms with van der Waals surface area (Å²) >= 11 is 0. The lowest BCUT2D eigenvalue weighted by molar-refractivity contribution is 0.0540. The Morgan fingerprint density at radius 2 is 1.97 bits per heavy atom. The second kappa shape index (κ2) is 8.42. The van der Waals surface area contributed by atoms with Gasteiger partial charge < -0.3 is 4.74 Å². The number of aromatic nitrogens is 7. The Labute approximate surface area is 195 Å². The van der Waals surface area contributed by atoms with Gasteiger partial charge in [0.1, 0.15) is 5.69 Å². The molecule has 3 aliphatic rings. The summed E-state index contributed by atoms with van der Waals surface area (Å²) in [7, 11) is 0. The summed E-state index contributed by atoms with van der Waals surface area (Å²) in [5, 5.41) is 10.1. The standard InChI is InChI=1S/C25H23N7O2/c1-16-6-8-18(13-27-16)21-9-7-17(12-28-21)14-31-24-20(5-2-10-26-24)22-23(29-31)25(33)32(30-22)19-4-3-11-34-15-19/h2,5-10,12-13,19H,3-4,11,14-15H2,1H3. The third kappa shape index (κ3) is 3.63. The fraction of sp³-hybridized carbons (Fsp3) is 0.280. The molecule has 170 valence electrons. The van der Waals surface area contributed by atoms with E-state index >= 15 is 0 Å². The van der Waals surface area contributed by atoms with Crippen LogP contribution in [0.15, 0.2) is 59.8 Å². The van der Waals surface area contributed by atoms with E-state index < -0.39 is 0 Å². The van der Waals surface area contributed by atoms with Gasteiger partial charge in [0.15, 0.2) is 11.3 Å². The van der Waals surface area contributed by atoms with Crippen LogP contribution in [0.1, 0.15) is 30.1 Å². The monoisotopic (exact) mass is 453 g/mol. The Kier molecular flexibility index (Phi) is 5.10. The minimum absolute atomic E-state index is 0.0661. The summed E-state index contributed by atoms with van der Waals surface area (Å²) in [6.45, 7) is 3.61. The molecular formula is C25H23N7O2. The molecule has 0 bridgehead atoms. The molecule has 1 unspecified atom stereocenters. The first-order valence-electron chi connectivity index (χ1n) is 11.4. The van der Waals surface area contributed by atoms with Gasteiger partial charge in [-0.25, -0.2) is 14.3 Å². The van der Waals surface area contributed by atoms with Crippen LogP contribution in [0.4, 0.5) is 0 Å². The molecule has 1 saturated heterocycles. The quantitative estimate of drug-likeness (QED) is 0.412. The molecule has 0 amide bonds. The highest BCUT2D eigenvalue weighted by molar-refractivity contribution is 5.89. The maximum absolute atomic E-state index is 13.2. The van der Waals surface area contributed by atoms with Gasteiger partial charge >= 0.3 is 0 Å². The van der Waals surface area contributed by atoms with Crippen LogP contribution in [-0.4, -0.2) is 47.7 Å². The van der Waals surface area contributed by atoms with E-state index in [0.717, 1.165) is 47.3 Å². The predicted octanol–water partition coefficient (Wildman–Crippen LogP) is 3.26. The molecule has 0 aliphatic carbocycles. The molecule has 34 heavy (non-hydrogen) atoms. The Bertz CT molecular complexity index is 1480. The van der Waals surface area contributed by atoms with Gasteiger partial charge in [-0.05, 0) is 55.7 Å². The van der Waals surface area contributed by atoms with Gasteiger partial charge in [-0.1, -0.05) is 6.07 Å². The summed E-state index contributed by atoms with van der Waals surface area (Å²) in [6, 6.07) is 11.7. The number of fused-ring (bicyclic) bond motifs is 3. The maximum atomic E-state index is 13.2. The molecule has 3 aliphatic heterocycles. The summed E-state index contributed by atoms with van der Waals surface area (Å²) in [6.07, 6.45) is 7.15. The van der Waals surface area contributed by atoms with Crippen LogP contribution >= 0.6 is 0 Å². The third-order valence-electron chi connectivity index (χ3n) is 6.20. The predicted molar refractivity (Wildman–Crippen MR) is 127 cm³/mol. The first-order valence-corrected chi connectivity index (χ1v) is 11.4. The van der Waals surface area contributed by atoms with Gasteiger partial charge in [0.05, 0.1) is 24.9 Å². The Hall–Kier alpha value is -3.98. The van der Waals surface area contributed by atoms with Crippen molar-refractivity contribution in [2.45, 2.75) is 32.4 Å². The van der Waals surface area contributed by atoms with Crippen LogP contribution in [0, 0.1) is 6.92 Å². The molecule has 0 spiro atoms. The SMILES string of the molecule is Cc1ccc(-c2ccc(Cn3nc4c(=O)n(C5CCCOC5)nc-4c4cccnc43)cn2)cn1. The largest absolute Gasteiger partial charge is 0.379 e. The van der Waals surface area contributed by atoms with Crippen LogP contribution < -0.4 is 5.56 Å².